The van der Waals surface area contributed by atoms with Crippen LogP contribution in [0.5, 0.6) is 0 Å². The number of carbonyl (C=O) groups is 2. The second kappa shape index (κ2) is 7.65. The van der Waals surface area contributed by atoms with Crippen LogP contribution in [-0.2, 0) is 4.79 Å². The third-order valence-electron chi connectivity index (χ3n) is 5.17. The Bertz CT molecular complexity index is 1180. The van der Waals surface area contributed by atoms with E-state index in [1.807, 2.05) is 84.9 Å². The van der Waals surface area contributed by atoms with Crippen molar-refractivity contribution in [2.24, 2.45) is 0 Å². The van der Waals surface area contributed by atoms with Gasteiger partial charge in [0.15, 0.2) is 5.78 Å². The number of fused-ring (bicyclic) bond motifs is 2. The van der Waals surface area contributed by atoms with E-state index >= 15 is 0 Å². The molecule has 0 aromatic heterocycles. The first kappa shape index (κ1) is 17.9. The first-order chi connectivity index (χ1) is 13.6. The molecule has 0 amide bonds. The Morgan fingerprint density at radius 1 is 0.679 bits per heavy atom. The summed E-state index contributed by atoms with van der Waals surface area (Å²) < 4.78 is 0. The fourth-order valence-corrected chi connectivity index (χ4v) is 3.68. The monoisotopic (exact) mass is 368 g/mol. The van der Waals surface area contributed by atoms with Crippen molar-refractivity contribution in [2.75, 3.05) is 0 Å². The van der Waals surface area contributed by atoms with E-state index in [-0.39, 0.29) is 24.5 Å². The number of benzene rings is 4. The molecule has 0 aliphatic heterocycles. The van der Waals surface area contributed by atoms with E-state index in [1.165, 1.54) is 0 Å². The van der Waals surface area contributed by atoms with Gasteiger partial charge in [-0.15, -0.1) is 0 Å². The molecule has 0 fully saturated rings. The van der Waals surface area contributed by atoms with E-state index in [0.29, 0.717) is 5.56 Å². The summed E-state index contributed by atoms with van der Waals surface area (Å²) in [6, 6.07) is 27.4. The molecule has 3 heteroatoms. The van der Waals surface area contributed by atoms with Gasteiger partial charge in [-0.3, -0.25) is 9.59 Å². The van der Waals surface area contributed by atoms with E-state index in [2.05, 4.69) is 0 Å². The lowest BCUT2D eigenvalue weighted by atomic mass is 9.87. The zero-order valence-corrected chi connectivity index (χ0v) is 15.3. The number of carboxylic acid groups (broad SMARTS) is 1. The number of rotatable bonds is 6. The van der Waals surface area contributed by atoms with Crippen LogP contribution in [0.2, 0.25) is 0 Å². The molecule has 4 aromatic rings. The van der Waals surface area contributed by atoms with Gasteiger partial charge < -0.3 is 5.11 Å². The minimum atomic E-state index is -0.899. The summed E-state index contributed by atoms with van der Waals surface area (Å²) >= 11 is 0. The van der Waals surface area contributed by atoms with E-state index < -0.39 is 5.97 Å². The zero-order valence-electron chi connectivity index (χ0n) is 15.3. The number of hydrogen-bond acceptors (Lipinski definition) is 2. The largest absolute Gasteiger partial charge is 0.481 e. The molecule has 1 unspecified atom stereocenters. The third kappa shape index (κ3) is 3.79. The molecule has 1 atom stereocenters. The van der Waals surface area contributed by atoms with Gasteiger partial charge in [-0.1, -0.05) is 78.9 Å². The number of Topliss-reactive ketones (excluding diaryl/α,β-unsaturated/α-hetero) is 1. The van der Waals surface area contributed by atoms with Gasteiger partial charge in [-0.2, -0.15) is 0 Å². The normalized spacial score (nSPS) is 12.1. The second-order valence-corrected chi connectivity index (χ2v) is 7.09. The van der Waals surface area contributed by atoms with Crippen LogP contribution < -0.4 is 0 Å². The predicted molar refractivity (Wildman–Crippen MR) is 112 cm³/mol. The molecule has 1 N–H and O–H groups in total. The number of hydrogen-bond donors (Lipinski definition) is 1. The highest BCUT2D eigenvalue weighted by atomic mass is 16.4. The molecule has 0 aliphatic carbocycles. The van der Waals surface area contributed by atoms with Gasteiger partial charge in [0.2, 0.25) is 0 Å². The molecule has 138 valence electrons. The van der Waals surface area contributed by atoms with Crippen LogP contribution >= 0.6 is 0 Å². The Morgan fingerprint density at radius 2 is 1.25 bits per heavy atom. The van der Waals surface area contributed by atoms with E-state index in [1.54, 1.807) is 0 Å². The molecule has 28 heavy (non-hydrogen) atoms. The summed E-state index contributed by atoms with van der Waals surface area (Å²) in [6.45, 7) is 0. The quantitative estimate of drug-likeness (QED) is 0.436. The molecule has 0 heterocycles. The lowest BCUT2D eigenvalue weighted by Crippen LogP contribution is -2.12. The van der Waals surface area contributed by atoms with Crippen molar-refractivity contribution in [3.63, 3.8) is 0 Å². The fourth-order valence-electron chi connectivity index (χ4n) is 3.68. The summed E-state index contributed by atoms with van der Waals surface area (Å²) in [4.78, 5) is 24.4. The van der Waals surface area contributed by atoms with Gasteiger partial charge in [0.1, 0.15) is 0 Å². The fraction of sp³-hybridized carbons (Fsp3) is 0.120. The van der Waals surface area contributed by atoms with Gasteiger partial charge in [-0.05, 0) is 33.2 Å². The molecule has 0 spiro atoms. The second-order valence-electron chi connectivity index (χ2n) is 7.09. The predicted octanol–water partition coefficient (Wildman–Crippen LogP) is 5.82. The van der Waals surface area contributed by atoms with Crippen LogP contribution in [0, 0.1) is 0 Å². The molecule has 0 bridgehead atoms. The van der Waals surface area contributed by atoms with Crippen LogP contribution in [0.15, 0.2) is 84.9 Å². The molecule has 0 radical (unpaired) electrons. The maximum Gasteiger partial charge on any atom is 0.303 e. The number of carbonyl (C=O) groups excluding carboxylic acids is 1. The third-order valence-corrected chi connectivity index (χ3v) is 5.17. The van der Waals surface area contributed by atoms with Gasteiger partial charge in [0.25, 0.3) is 0 Å². The minimum absolute atomic E-state index is 0.0369. The van der Waals surface area contributed by atoms with Crippen LogP contribution in [-0.4, -0.2) is 16.9 Å². The Hall–Kier alpha value is -3.46. The lowest BCUT2D eigenvalue weighted by molar-refractivity contribution is -0.137. The van der Waals surface area contributed by atoms with Crippen molar-refractivity contribution in [3.8, 4) is 0 Å². The zero-order chi connectivity index (χ0) is 19.5. The minimum Gasteiger partial charge on any atom is -0.481 e. The maximum atomic E-state index is 12.9. The molecular formula is C25H20O3. The van der Waals surface area contributed by atoms with Gasteiger partial charge in [-0.25, -0.2) is 0 Å². The molecule has 4 aromatic carbocycles. The summed E-state index contributed by atoms with van der Waals surface area (Å²) in [5.74, 6) is -1.30. The topological polar surface area (TPSA) is 54.4 Å². The van der Waals surface area contributed by atoms with Crippen LogP contribution in [0.3, 0.4) is 0 Å². The van der Waals surface area contributed by atoms with Crippen LogP contribution in [0.1, 0.15) is 34.7 Å². The van der Waals surface area contributed by atoms with Crippen molar-refractivity contribution in [1.29, 1.82) is 0 Å². The van der Waals surface area contributed by atoms with E-state index in [4.69, 9.17) is 0 Å². The average Bonchev–Trinajstić information content (AvgIpc) is 2.72. The van der Waals surface area contributed by atoms with Gasteiger partial charge >= 0.3 is 5.97 Å². The summed E-state index contributed by atoms with van der Waals surface area (Å²) in [5, 5.41) is 13.6. The highest BCUT2D eigenvalue weighted by molar-refractivity contribution is 6.00. The number of carboxylic acids is 1. The van der Waals surface area contributed by atoms with Crippen molar-refractivity contribution in [3.05, 3.63) is 96.1 Å². The van der Waals surface area contributed by atoms with Gasteiger partial charge in [0, 0.05) is 17.9 Å². The summed E-state index contributed by atoms with van der Waals surface area (Å²) in [5.41, 5.74) is 1.50. The molecule has 0 saturated carbocycles. The molecular weight excluding hydrogens is 348 g/mol. The van der Waals surface area contributed by atoms with E-state index in [0.717, 1.165) is 27.1 Å². The lowest BCUT2D eigenvalue weighted by Gasteiger charge is -2.16. The first-order valence-corrected chi connectivity index (χ1v) is 9.32. The highest BCUT2D eigenvalue weighted by Crippen LogP contribution is 2.29. The summed E-state index contributed by atoms with van der Waals surface area (Å²) in [7, 11) is 0. The van der Waals surface area contributed by atoms with Crippen molar-refractivity contribution in [2.45, 2.75) is 18.8 Å². The van der Waals surface area contributed by atoms with Crippen molar-refractivity contribution >= 4 is 33.3 Å². The van der Waals surface area contributed by atoms with Gasteiger partial charge in [0.05, 0.1) is 6.42 Å². The Balaban J connectivity index is 1.64. The molecule has 0 aliphatic rings. The number of aliphatic carboxylic acids is 1. The van der Waals surface area contributed by atoms with Crippen LogP contribution in [0.4, 0.5) is 0 Å². The van der Waals surface area contributed by atoms with Crippen LogP contribution in [0.25, 0.3) is 21.5 Å². The Morgan fingerprint density at radius 3 is 1.89 bits per heavy atom. The smallest absolute Gasteiger partial charge is 0.303 e. The first-order valence-electron chi connectivity index (χ1n) is 9.32. The Kier molecular flexibility index (Phi) is 4.90. The Labute approximate surface area is 163 Å². The molecule has 0 saturated heterocycles. The molecule has 4 rings (SSSR count). The van der Waals surface area contributed by atoms with Crippen molar-refractivity contribution < 1.29 is 14.7 Å². The standard InChI is InChI=1S/C25H20O3/c26-24(22-12-10-18-6-2-4-8-20(18)14-22)15-23(16-25(27)28)21-11-9-17-5-1-3-7-19(17)13-21/h1-14,23H,15-16H2,(H,27,28). The SMILES string of the molecule is O=C(O)CC(CC(=O)c1ccc2ccccc2c1)c1ccc2ccccc2c1. The molecule has 3 nitrogen and oxygen atoms in total. The van der Waals surface area contributed by atoms with Crippen molar-refractivity contribution in [1.82, 2.24) is 0 Å². The average molecular weight is 368 g/mol. The summed E-state index contributed by atoms with van der Waals surface area (Å²) in [6.07, 6.45) is 0.0979. The maximum absolute atomic E-state index is 12.9. The highest BCUT2D eigenvalue weighted by Gasteiger charge is 2.21. The van der Waals surface area contributed by atoms with E-state index in [9.17, 15) is 14.7 Å². The number of ketones is 1.